The average Bonchev–Trinajstić information content (AvgIpc) is 2.76. The molecule has 1 heterocycles. The zero-order chi connectivity index (χ0) is 20.6. The first-order valence-electron chi connectivity index (χ1n) is 9.98. The fourth-order valence-electron chi connectivity index (χ4n) is 3.23. The molecule has 1 aromatic heterocycles. The molecule has 5 nitrogen and oxygen atoms in total. The molecule has 3 rings (SSSR count). The largest absolute Gasteiger partial charge is 0.372 e. The van der Waals surface area contributed by atoms with Crippen LogP contribution >= 0.6 is 0 Å². The lowest BCUT2D eigenvalue weighted by molar-refractivity contribution is 0.102. The van der Waals surface area contributed by atoms with E-state index in [9.17, 15) is 4.79 Å². The SMILES string of the molecule is CCN(CC)c1ccc(NC(=O)c2ccc(N(C)Cc3ccccc3)cn2)cc1. The van der Waals surface area contributed by atoms with Gasteiger partial charge in [0.1, 0.15) is 5.69 Å². The van der Waals surface area contributed by atoms with Gasteiger partial charge in [-0.3, -0.25) is 4.79 Å². The summed E-state index contributed by atoms with van der Waals surface area (Å²) < 4.78 is 0. The molecule has 0 unspecified atom stereocenters. The summed E-state index contributed by atoms with van der Waals surface area (Å²) in [6, 6.07) is 21.8. The third kappa shape index (κ3) is 5.35. The molecule has 3 aromatic rings. The van der Waals surface area contributed by atoms with Crippen LogP contribution in [0, 0.1) is 0 Å². The van der Waals surface area contributed by atoms with Crippen molar-refractivity contribution in [3.05, 3.63) is 84.2 Å². The Morgan fingerprint density at radius 3 is 2.14 bits per heavy atom. The van der Waals surface area contributed by atoms with Crippen molar-refractivity contribution in [3.8, 4) is 0 Å². The van der Waals surface area contributed by atoms with Gasteiger partial charge in [-0.25, -0.2) is 4.98 Å². The first-order chi connectivity index (χ1) is 14.1. The lowest BCUT2D eigenvalue weighted by atomic mass is 10.2. The summed E-state index contributed by atoms with van der Waals surface area (Å²) in [5.74, 6) is -0.210. The predicted octanol–water partition coefficient (Wildman–Crippen LogP) is 4.82. The van der Waals surface area contributed by atoms with Crippen molar-refractivity contribution < 1.29 is 4.79 Å². The van der Waals surface area contributed by atoms with Crippen LogP contribution in [0.2, 0.25) is 0 Å². The Hall–Kier alpha value is -3.34. The zero-order valence-corrected chi connectivity index (χ0v) is 17.3. The molecular formula is C24H28N4O. The Kier molecular flexibility index (Phi) is 6.85. The molecule has 0 bridgehead atoms. The van der Waals surface area contributed by atoms with Crippen LogP contribution in [0.5, 0.6) is 0 Å². The molecule has 150 valence electrons. The first-order valence-corrected chi connectivity index (χ1v) is 9.98. The maximum Gasteiger partial charge on any atom is 0.274 e. The molecule has 0 saturated carbocycles. The van der Waals surface area contributed by atoms with E-state index in [1.165, 1.54) is 5.56 Å². The van der Waals surface area contributed by atoms with E-state index in [2.05, 4.69) is 46.1 Å². The van der Waals surface area contributed by atoms with Crippen LogP contribution < -0.4 is 15.1 Å². The van der Waals surface area contributed by atoms with Gasteiger partial charge in [0.2, 0.25) is 0 Å². The highest BCUT2D eigenvalue weighted by Crippen LogP contribution is 2.19. The summed E-state index contributed by atoms with van der Waals surface area (Å²) >= 11 is 0. The Morgan fingerprint density at radius 1 is 0.897 bits per heavy atom. The summed E-state index contributed by atoms with van der Waals surface area (Å²) in [5.41, 5.74) is 4.50. The Balaban J connectivity index is 1.61. The number of carbonyl (C=O) groups is 1. The van der Waals surface area contributed by atoms with Crippen LogP contribution in [0.4, 0.5) is 17.1 Å². The topological polar surface area (TPSA) is 48.5 Å². The molecule has 0 spiro atoms. The molecule has 0 aliphatic carbocycles. The maximum absolute atomic E-state index is 12.5. The van der Waals surface area contributed by atoms with E-state index in [1.807, 2.05) is 55.6 Å². The summed E-state index contributed by atoms with van der Waals surface area (Å²) in [7, 11) is 2.02. The summed E-state index contributed by atoms with van der Waals surface area (Å²) in [6.07, 6.45) is 1.74. The highest BCUT2D eigenvalue weighted by Gasteiger charge is 2.10. The number of aromatic nitrogens is 1. The Morgan fingerprint density at radius 2 is 1.55 bits per heavy atom. The number of rotatable bonds is 8. The number of nitrogens with zero attached hydrogens (tertiary/aromatic N) is 3. The number of nitrogens with one attached hydrogen (secondary N) is 1. The van der Waals surface area contributed by atoms with Gasteiger partial charge in [0.15, 0.2) is 0 Å². The van der Waals surface area contributed by atoms with E-state index >= 15 is 0 Å². The molecular weight excluding hydrogens is 360 g/mol. The van der Waals surface area contributed by atoms with E-state index in [1.54, 1.807) is 12.3 Å². The number of amides is 1. The number of hydrogen-bond donors (Lipinski definition) is 1. The van der Waals surface area contributed by atoms with E-state index in [4.69, 9.17) is 0 Å². The second kappa shape index (κ2) is 9.73. The second-order valence-electron chi connectivity index (χ2n) is 6.92. The fraction of sp³-hybridized carbons (Fsp3) is 0.250. The number of carbonyl (C=O) groups excluding carboxylic acids is 1. The average molecular weight is 389 g/mol. The van der Waals surface area contributed by atoms with Gasteiger partial charge < -0.3 is 15.1 Å². The van der Waals surface area contributed by atoms with Crippen molar-refractivity contribution in [2.75, 3.05) is 35.3 Å². The lowest BCUT2D eigenvalue weighted by Crippen LogP contribution is -2.21. The number of hydrogen-bond acceptors (Lipinski definition) is 4. The van der Waals surface area contributed by atoms with Crippen molar-refractivity contribution in [1.29, 1.82) is 0 Å². The molecule has 1 amide bonds. The lowest BCUT2D eigenvalue weighted by Gasteiger charge is -2.21. The first kappa shape index (κ1) is 20.4. The molecule has 1 N–H and O–H groups in total. The predicted molar refractivity (Wildman–Crippen MR) is 121 cm³/mol. The van der Waals surface area contributed by atoms with Crippen LogP contribution in [-0.2, 0) is 6.54 Å². The van der Waals surface area contributed by atoms with Gasteiger partial charge in [-0.1, -0.05) is 30.3 Å². The van der Waals surface area contributed by atoms with Crippen molar-refractivity contribution in [2.24, 2.45) is 0 Å². The van der Waals surface area contributed by atoms with Gasteiger partial charge in [0.25, 0.3) is 5.91 Å². The van der Waals surface area contributed by atoms with Gasteiger partial charge >= 0.3 is 0 Å². The molecule has 0 aliphatic heterocycles. The van der Waals surface area contributed by atoms with E-state index < -0.39 is 0 Å². The third-order valence-corrected chi connectivity index (χ3v) is 4.94. The Labute approximate surface area is 173 Å². The second-order valence-corrected chi connectivity index (χ2v) is 6.92. The van der Waals surface area contributed by atoms with Gasteiger partial charge in [0, 0.05) is 38.1 Å². The highest BCUT2D eigenvalue weighted by atomic mass is 16.1. The minimum atomic E-state index is -0.210. The molecule has 0 fully saturated rings. The molecule has 0 aliphatic rings. The molecule has 2 aromatic carbocycles. The normalized spacial score (nSPS) is 10.4. The van der Waals surface area contributed by atoms with Crippen molar-refractivity contribution in [1.82, 2.24) is 4.98 Å². The summed E-state index contributed by atoms with van der Waals surface area (Å²) in [4.78, 5) is 21.2. The minimum Gasteiger partial charge on any atom is -0.372 e. The van der Waals surface area contributed by atoms with E-state index in [0.717, 1.165) is 36.7 Å². The van der Waals surface area contributed by atoms with Gasteiger partial charge in [-0.15, -0.1) is 0 Å². The quantitative estimate of drug-likeness (QED) is 0.601. The summed E-state index contributed by atoms with van der Waals surface area (Å²) in [5, 5.41) is 2.92. The Bertz CT molecular complexity index is 904. The molecule has 29 heavy (non-hydrogen) atoms. The van der Waals surface area contributed by atoms with Crippen LogP contribution in [0.25, 0.3) is 0 Å². The third-order valence-electron chi connectivity index (χ3n) is 4.94. The maximum atomic E-state index is 12.5. The minimum absolute atomic E-state index is 0.210. The highest BCUT2D eigenvalue weighted by molar-refractivity contribution is 6.03. The van der Waals surface area contributed by atoms with Crippen LogP contribution in [0.3, 0.4) is 0 Å². The van der Waals surface area contributed by atoms with Gasteiger partial charge in [-0.2, -0.15) is 0 Å². The standard InChI is InChI=1S/C24H28N4O/c1-4-28(5-2)21-13-11-20(12-14-21)26-24(29)23-16-15-22(17-25-23)27(3)18-19-9-7-6-8-10-19/h6-17H,4-5,18H2,1-3H3,(H,26,29). The van der Waals surface area contributed by atoms with Crippen molar-refractivity contribution >= 4 is 23.0 Å². The summed E-state index contributed by atoms with van der Waals surface area (Å²) in [6.45, 7) is 6.96. The number of anilines is 3. The molecule has 0 radical (unpaired) electrons. The van der Waals surface area contributed by atoms with Gasteiger partial charge in [0.05, 0.1) is 11.9 Å². The van der Waals surface area contributed by atoms with Crippen LogP contribution in [-0.4, -0.2) is 31.0 Å². The number of pyridine rings is 1. The van der Waals surface area contributed by atoms with E-state index in [-0.39, 0.29) is 5.91 Å². The van der Waals surface area contributed by atoms with Crippen molar-refractivity contribution in [3.63, 3.8) is 0 Å². The monoisotopic (exact) mass is 388 g/mol. The van der Waals surface area contributed by atoms with Gasteiger partial charge in [-0.05, 0) is 55.8 Å². The zero-order valence-electron chi connectivity index (χ0n) is 17.3. The van der Waals surface area contributed by atoms with E-state index in [0.29, 0.717) is 5.69 Å². The fourth-order valence-corrected chi connectivity index (χ4v) is 3.23. The molecule has 0 saturated heterocycles. The number of benzene rings is 2. The van der Waals surface area contributed by atoms with Crippen LogP contribution in [0.1, 0.15) is 29.9 Å². The molecule has 0 atom stereocenters. The molecule has 5 heteroatoms. The van der Waals surface area contributed by atoms with Crippen molar-refractivity contribution in [2.45, 2.75) is 20.4 Å². The smallest absolute Gasteiger partial charge is 0.274 e. The van der Waals surface area contributed by atoms with Crippen LogP contribution in [0.15, 0.2) is 72.9 Å².